The van der Waals surface area contributed by atoms with Crippen LogP contribution in [0, 0.1) is 10.1 Å². The first-order valence-electron chi connectivity index (χ1n) is 8.67. The van der Waals surface area contributed by atoms with E-state index in [9.17, 15) is 19.7 Å². The van der Waals surface area contributed by atoms with E-state index >= 15 is 0 Å². The summed E-state index contributed by atoms with van der Waals surface area (Å²) in [5.74, 6) is 1.09. The molecule has 0 bridgehead atoms. The van der Waals surface area contributed by atoms with Crippen molar-refractivity contribution in [2.45, 2.75) is 6.04 Å². The van der Waals surface area contributed by atoms with Crippen LogP contribution in [-0.4, -0.2) is 53.0 Å². The van der Waals surface area contributed by atoms with Gasteiger partial charge in [-0.05, 0) is 30.3 Å². The first kappa shape index (κ1) is 20.5. The molecule has 9 nitrogen and oxygen atoms in total. The van der Waals surface area contributed by atoms with Crippen LogP contribution in [0.1, 0.15) is 0 Å². The van der Waals surface area contributed by atoms with Crippen LogP contribution in [0.5, 0.6) is 11.5 Å². The number of anilines is 1. The van der Waals surface area contributed by atoms with Gasteiger partial charge in [-0.3, -0.25) is 19.7 Å². The average Bonchev–Trinajstić information content (AvgIpc) is 3.23. The number of carbonyl (C=O) groups is 2. The summed E-state index contributed by atoms with van der Waals surface area (Å²) in [6, 6.07) is 11.9. The molecule has 1 unspecified atom stereocenters. The van der Waals surface area contributed by atoms with Gasteiger partial charge >= 0.3 is 0 Å². The van der Waals surface area contributed by atoms with E-state index in [2.05, 4.69) is 5.32 Å². The van der Waals surface area contributed by atoms with Gasteiger partial charge in [0.2, 0.25) is 5.91 Å². The fraction of sp³-hybridized carbons (Fsp3) is 0.263. The van der Waals surface area contributed by atoms with Gasteiger partial charge in [-0.2, -0.15) is 0 Å². The molecule has 1 aliphatic rings. The minimum atomic E-state index is -0.622. The van der Waals surface area contributed by atoms with Gasteiger partial charge in [-0.15, -0.1) is 11.8 Å². The number of hydrogen-bond donors (Lipinski definition) is 1. The van der Waals surface area contributed by atoms with Crippen molar-refractivity contribution < 1.29 is 24.0 Å². The number of nitro benzene ring substituents is 1. The van der Waals surface area contributed by atoms with Gasteiger partial charge in [-0.25, -0.2) is 0 Å². The van der Waals surface area contributed by atoms with Crippen LogP contribution in [0.4, 0.5) is 11.4 Å². The normalized spacial score (nSPS) is 15.6. The lowest BCUT2D eigenvalue weighted by molar-refractivity contribution is -0.384. The molecular weight excluding hydrogens is 398 g/mol. The Morgan fingerprint density at radius 1 is 1.24 bits per heavy atom. The molecule has 1 saturated heterocycles. The predicted octanol–water partition coefficient (Wildman–Crippen LogP) is 2.52. The van der Waals surface area contributed by atoms with Crippen LogP contribution in [0.15, 0.2) is 48.5 Å². The van der Waals surface area contributed by atoms with Gasteiger partial charge < -0.3 is 19.7 Å². The third-order valence-electron chi connectivity index (χ3n) is 4.25. The number of nitrogens with one attached hydrogen (secondary N) is 1. The van der Waals surface area contributed by atoms with Crippen molar-refractivity contribution in [2.75, 3.05) is 30.7 Å². The average molecular weight is 417 g/mol. The van der Waals surface area contributed by atoms with Crippen LogP contribution >= 0.6 is 11.8 Å². The zero-order chi connectivity index (χ0) is 20.8. The SMILES string of the molecule is COc1ccc(NC(=O)C2CSCN2C(=O)COc2cccc([N+](=O)[O-])c2)cc1. The number of thioether (sulfide) groups is 1. The third kappa shape index (κ3) is 5.17. The van der Waals surface area contributed by atoms with E-state index in [1.54, 1.807) is 31.4 Å². The fourth-order valence-corrected chi connectivity index (χ4v) is 3.90. The summed E-state index contributed by atoms with van der Waals surface area (Å²) in [4.78, 5) is 36.9. The van der Waals surface area contributed by atoms with Crippen molar-refractivity contribution in [1.82, 2.24) is 4.90 Å². The Hall–Kier alpha value is -3.27. The molecule has 0 saturated carbocycles. The Labute approximate surface area is 171 Å². The molecule has 2 amide bonds. The summed E-state index contributed by atoms with van der Waals surface area (Å²) in [6.45, 7) is -0.311. The molecule has 0 radical (unpaired) electrons. The standard InChI is InChI=1S/C19H19N3O6S/c1-27-15-7-5-13(6-8-15)20-19(24)17-11-29-12-21(17)18(23)10-28-16-4-2-3-14(9-16)22(25)26/h2-9,17H,10-12H2,1H3,(H,20,24). The maximum Gasteiger partial charge on any atom is 0.273 e. The van der Waals surface area contributed by atoms with E-state index in [-0.39, 0.29) is 29.9 Å². The monoisotopic (exact) mass is 417 g/mol. The van der Waals surface area contributed by atoms with E-state index in [1.165, 1.54) is 40.9 Å². The van der Waals surface area contributed by atoms with Crippen molar-refractivity contribution >= 4 is 35.0 Å². The summed E-state index contributed by atoms with van der Waals surface area (Å²) in [5.41, 5.74) is 0.483. The smallest absolute Gasteiger partial charge is 0.273 e. The molecule has 1 heterocycles. The number of amides is 2. The fourth-order valence-electron chi connectivity index (χ4n) is 2.72. The van der Waals surface area contributed by atoms with Crippen LogP contribution in [0.3, 0.4) is 0 Å². The van der Waals surface area contributed by atoms with Crippen LogP contribution in [0.2, 0.25) is 0 Å². The highest BCUT2D eigenvalue weighted by atomic mass is 32.2. The summed E-state index contributed by atoms with van der Waals surface area (Å²) >= 11 is 1.47. The number of methoxy groups -OCH3 is 1. The van der Waals surface area contributed by atoms with E-state index < -0.39 is 11.0 Å². The van der Waals surface area contributed by atoms with Gasteiger partial charge in [-0.1, -0.05) is 6.07 Å². The first-order valence-corrected chi connectivity index (χ1v) is 9.83. The van der Waals surface area contributed by atoms with Gasteiger partial charge in [0.15, 0.2) is 6.61 Å². The maximum atomic E-state index is 12.6. The van der Waals surface area contributed by atoms with Gasteiger partial charge in [0.1, 0.15) is 17.5 Å². The highest BCUT2D eigenvalue weighted by Crippen LogP contribution is 2.24. The summed E-state index contributed by atoms with van der Waals surface area (Å²) in [7, 11) is 1.56. The number of non-ortho nitro benzene ring substituents is 1. The lowest BCUT2D eigenvalue weighted by Gasteiger charge is -2.23. The zero-order valence-electron chi connectivity index (χ0n) is 15.6. The molecule has 1 aliphatic heterocycles. The number of benzene rings is 2. The minimum absolute atomic E-state index is 0.122. The maximum absolute atomic E-state index is 12.6. The molecule has 2 aromatic carbocycles. The molecule has 0 aromatic heterocycles. The third-order valence-corrected chi connectivity index (χ3v) is 5.27. The summed E-state index contributed by atoms with van der Waals surface area (Å²) in [5, 5.41) is 13.6. The van der Waals surface area contributed by atoms with Crippen LogP contribution in [0.25, 0.3) is 0 Å². The lowest BCUT2D eigenvalue weighted by atomic mass is 10.2. The molecule has 0 aliphatic carbocycles. The number of hydrogen-bond acceptors (Lipinski definition) is 7. The molecule has 2 aromatic rings. The number of nitro groups is 1. The Kier molecular flexibility index (Phi) is 6.55. The highest BCUT2D eigenvalue weighted by Gasteiger charge is 2.34. The van der Waals surface area contributed by atoms with E-state index in [4.69, 9.17) is 9.47 Å². The van der Waals surface area contributed by atoms with E-state index in [0.717, 1.165) is 0 Å². The second-order valence-corrected chi connectivity index (χ2v) is 7.14. The molecule has 152 valence electrons. The molecule has 1 atom stereocenters. The van der Waals surface area contributed by atoms with Crippen molar-refractivity contribution in [2.24, 2.45) is 0 Å². The largest absolute Gasteiger partial charge is 0.497 e. The van der Waals surface area contributed by atoms with Crippen LogP contribution < -0.4 is 14.8 Å². The zero-order valence-corrected chi connectivity index (χ0v) is 16.4. The molecule has 1 fully saturated rings. The number of carbonyl (C=O) groups excluding carboxylic acids is 2. The van der Waals surface area contributed by atoms with E-state index in [1.807, 2.05) is 0 Å². The Morgan fingerprint density at radius 2 is 2.00 bits per heavy atom. The topological polar surface area (TPSA) is 111 Å². The second kappa shape index (κ2) is 9.28. The molecule has 3 rings (SSSR count). The number of nitrogens with zero attached hydrogens (tertiary/aromatic N) is 2. The number of ether oxygens (including phenoxy) is 2. The lowest BCUT2D eigenvalue weighted by Crippen LogP contribution is -2.46. The van der Waals surface area contributed by atoms with Crippen LogP contribution in [-0.2, 0) is 9.59 Å². The summed E-state index contributed by atoms with van der Waals surface area (Å²) < 4.78 is 10.5. The Morgan fingerprint density at radius 3 is 2.69 bits per heavy atom. The predicted molar refractivity (Wildman–Crippen MR) is 108 cm³/mol. The van der Waals surface area contributed by atoms with E-state index in [0.29, 0.717) is 23.1 Å². The van der Waals surface area contributed by atoms with Crippen molar-refractivity contribution in [1.29, 1.82) is 0 Å². The van der Waals surface area contributed by atoms with Gasteiger partial charge in [0.05, 0.1) is 24.0 Å². The molecule has 29 heavy (non-hydrogen) atoms. The van der Waals surface area contributed by atoms with Gasteiger partial charge in [0, 0.05) is 17.5 Å². The second-order valence-electron chi connectivity index (χ2n) is 6.14. The first-order chi connectivity index (χ1) is 14.0. The molecule has 10 heteroatoms. The minimum Gasteiger partial charge on any atom is -0.497 e. The Bertz CT molecular complexity index is 905. The summed E-state index contributed by atoms with van der Waals surface area (Å²) in [6.07, 6.45) is 0. The quantitative estimate of drug-likeness (QED) is 0.544. The molecular formula is C19H19N3O6S. The van der Waals surface area contributed by atoms with Crippen molar-refractivity contribution in [3.05, 3.63) is 58.6 Å². The van der Waals surface area contributed by atoms with Crippen molar-refractivity contribution in [3.63, 3.8) is 0 Å². The highest BCUT2D eigenvalue weighted by molar-refractivity contribution is 7.99. The Balaban J connectivity index is 1.58. The van der Waals surface area contributed by atoms with Gasteiger partial charge in [0.25, 0.3) is 11.6 Å². The number of rotatable bonds is 7. The molecule has 0 spiro atoms. The molecule has 1 N–H and O–H groups in total. The van der Waals surface area contributed by atoms with Crippen molar-refractivity contribution in [3.8, 4) is 11.5 Å².